The minimum atomic E-state index is -1.72. The standard InChI is InChI=1S/C61H66N8O19/c1-32-48(66(57(80)84-32)44(70)29-41(37-22-14-9-15-23-37)63-54(76)50-34(3)86-59(82)68(50)46(72)31-43(39-26-18-11-19-27-39)65-56(79)88-61(5,6)7)52(74)62-40(36-20-12-8-13-21-36)28-45(71)67-49(33(2)85-58(67)81)53(75)64-42(38-24-16-10-17-25-38)30-47(73)69-51(55(77)78)35(4)87-60(69)83/h8-27,32-35,40-43,48-51H,28-31H2,1-7H3,(H,62,74)(H,63,76)(H,64,75)(H,65,79)(H,77,78)/t32-,33-,34-,35-,40-,41-,42-,43-,48+,49+,50+,51+/m0/s1. The number of rotatable bonds is 20. The number of cyclic esters (lactones) is 4. The van der Waals surface area contributed by atoms with Crippen LogP contribution in [0.15, 0.2) is 121 Å². The first-order valence-corrected chi connectivity index (χ1v) is 28.2. The normalized spacial score (nSPS) is 22.9. The van der Waals surface area contributed by atoms with Gasteiger partial charge in [0.2, 0.25) is 41.4 Å². The Hall–Kier alpha value is -10.2. The predicted octanol–water partition coefficient (Wildman–Crippen LogP) is 5.41. The number of amides is 12. The predicted molar refractivity (Wildman–Crippen MR) is 303 cm³/mol. The highest BCUT2D eigenvalue weighted by atomic mass is 16.6. The fraction of sp³-hybridized carbons (Fsp3) is 0.393. The zero-order chi connectivity index (χ0) is 63.9. The lowest BCUT2D eigenvalue weighted by molar-refractivity contribution is -0.147. The van der Waals surface area contributed by atoms with Crippen molar-refractivity contribution in [1.82, 2.24) is 40.9 Å². The van der Waals surface area contributed by atoms with Crippen LogP contribution in [0.5, 0.6) is 0 Å². The second-order valence-corrected chi connectivity index (χ2v) is 22.4. The fourth-order valence-electron chi connectivity index (χ4n) is 10.8. The summed E-state index contributed by atoms with van der Waals surface area (Å²) in [5.74, 6) is -8.50. The lowest BCUT2D eigenvalue weighted by atomic mass is 9.99. The van der Waals surface area contributed by atoms with Gasteiger partial charge < -0.3 is 50.1 Å². The van der Waals surface area contributed by atoms with E-state index in [1.165, 1.54) is 39.8 Å². The third-order valence-electron chi connectivity index (χ3n) is 14.9. The average Bonchev–Trinajstić information content (AvgIpc) is 2.91. The van der Waals surface area contributed by atoms with Crippen molar-refractivity contribution in [1.29, 1.82) is 0 Å². The van der Waals surface area contributed by atoms with Gasteiger partial charge in [-0.3, -0.25) is 33.6 Å². The molecule has 4 aromatic rings. The minimum Gasteiger partial charge on any atom is -0.480 e. The van der Waals surface area contributed by atoms with E-state index in [-0.39, 0.29) is 5.56 Å². The number of alkyl carbamates (subject to hydrolysis) is 1. The van der Waals surface area contributed by atoms with Crippen molar-refractivity contribution in [2.75, 3.05) is 0 Å². The molecular weight excluding hydrogens is 1150 g/mol. The van der Waals surface area contributed by atoms with Crippen molar-refractivity contribution in [2.45, 2.75) is 153 Å². The Bertz CT molecular complexity index is 3350. The quantitative estimate of drug-likeness (QED) is 0.0690. The van der Waals surface area contributed by atoms with E-state index in [9.17, 15) is 67.4 Å². The molecule has 27 heteroatoms. The Morgan fingerprint density at radius 1 is 0.409 bits per heavy atom. The van der Waals surface area contributed by atoms with Gasteiger partial charge >= 0.3 is 36.4 Å². The molecule has 5 N–H and O–H groups in total. The summed E-state index contributed by atoms with van der Waals surface area (Å²) in [4.78, 5) is 181. The highest BCUT2D eigenvalue weighted by molar-refractivity contribution is 6.04. The molecule has 0 saturated carbocycles. The van der Waals surface area contributed by atoms with Crippen LogP contribution in [-0.4, -0.2) is 157 Å². The van der Waals surface area contributed by atoms with E-state index in [0.717, 1.165) is 0 Å². The molecule has 0 aromatic heterocycles. The summed E-state index contributed by atoms with van der Waals surface area (Å²) in [5.41, 5.74) is 0.501. The largest absolute Gasteiger partial charge is 0.480 e. The molecule has 0 aliphatic carbocycles. The highest BCUT2D eigenvalue weighted by Crippen LogP contribution is 2.32. The third kappa shape index (κ3) is 14.5. The second kappa shape index (κ2) is 27.0. The number of nitrogens with zero attached hydrogens (tertiary/aromatic N) is 4. The zero-order valence-corrected chi connectivity index (χ0v) is 48.9. The number of hydrogen-bond donors (Lipinski definition) is 5. The number of ether oxygens (including phenoxy) is 5. The first-order valence-electron chi connectivity index (χ1n) is 28.2. The van der Waals surface area contributed by atoms with E-state index in [0.29, 0.717) is 36.3 Å². The summed E-state index contributed by atoms with van der Waals surface area (Å²) >= 11 is 0. The zero-order valence-electron chi connectivity index (χ0n) is 48.9. The molecule has 0 bridgehead atoms. The van der Waals surface area contributed by atoms with Crippen LogP contribution in [0.1, 0.15) is 121 Å². The molecule has 12 amide bonds. The van der Waals surface area contributed by atoms with E-state index < -0.39 is 182 Å². The van der Waals surface area contributed by atoms with Gasteiger partial charge in [0.1, 0.15) is 30.0 Å². The molecule has 4 aromatic carbocycles. The van der Waals surface area contributed by atoms with E-state index in [1.54, 1.807) is 130 Å². The monoisotopic (exact) mass is 1210 g/mol. The molecule has 464 valence electrons. The maximum atomic E-state index is 14.7. The number of carboxylic acids is 1. The molecule has 4 aliphatic rings. The Morgan fingerprint density at radius 3 is 0.875 bits per heavy atom. The molecule has 4 fully saturated rings. The van der Waals surface area contributed by atoms with Crippen LogP contribution < -0.4 is 21.3 Å². The van der Waals surface area contributed by atoms with Gasteiger partial charge in [0.05, 0.1) is 49.9 Å². The first kappa shape index (κ1) is 63.8. The SMILES string of the molecule is C[C@@H]1OC(=O)N(C(=O)C[C@H](NC(=O)[C@H]2[C@H](C)OC(=O)N2C(=O)C[C@H](NC(=O)[C@H]2[C@H](C)OC(=O)N2C(=O)C[C@H](NC(=O)[C@H]2[C@H](C)OC(=O)N2C(=O)C[C@H](NC(=O)OC(C)(C)C)c2ccccc2)c2ccccc2)c2ccccc2)c2ccccc2)[C@H]1C(=O)O. The van der Waals surface area contributed by atoms with Crippen LogP contribution in [0.3, 0.4) is 0 Å². The van der Waals surface area contributed by atoms with Crippen molar-refractivity contribution in [3.05, 3.63) is 144 Å². The lowest BCUT2D eigenvalue weighted by Gasteiger charge is -2.29. The number of benzene rings is 4. The maximum Gasteiger partial charge on any atom is 0.417 e. The molecule has 12 atom stereocenters. The molecule has 4 saturated heterocycles. The van der Waals surface area contributed by atoms with Crippen molar-refractivity contribution < 1.29 is 91.1 Å². The van der Waals surface area contributed by atoms with Crippen molar-refractivity contribution in [3.8, 4) is 0 Å². The topological polar surface area (TPSA) is 349 Å². The fourth-order valence-corrected chi connectivity index (χ4v) is 10.8. The van der Waals surface area contributed by atoms with Gasteiger partial charge in [-0.2, -0.15) is 0 Å². The van der Waals surface area contributed by atoms with E-state index in [4.69, 9.17) is 23.7 Å². The van der Waals surface area contributed by atoms with Crippen LogP contribution in [-0.2, 0) is 62.0 Å². The molecule has 8 rings (SSSR count). The number of hydrogen-bond acceptors (Lipinski definition) is 18. The van der Waals surface area contributed by atoms with Gasteiger partial charge in [-0.15, -0.1) is 0 Å². The number of carbonyl (C=O) groups excluding carboxylic acids is 12. The molecule has 0 unspecified atom stereocenters. The number of carbonyl (C=O) groups is 13. The van der Waals surface area contributed by atoms with Crippen LogP contribution in [0.2, 0.25) is 0 Å². The summed E-state index contributed by atoms with van der Waals surface area (Å²) in [5, 5.41) is 20.6. The number of aliphatic carboxylic acids is 1. The smallest absolute Gasteiger partial charge is 0.417 e. The molecule has 4 heterocycles. The Morgan fingerprint density at radius 2 is 0.636 bits per heavy atom. The van der Waals surface area contributed by atoms with Gasteiger partial charge in [-0.05, 0) is 70.7 Å². The van der Waals surface area contributed by atoms with Gasteiger partial charge in [0, 0.05) is 0 Å². The maximum absolute atomic E-state index is 14.7. The van der Waals surface area contributed by atoms with Crippen LogP contribution in [0, 0.1) is 0 Å². The molecule has 27 nitrogen and oxygen atoms in total. The third-order valence-corrected chi connectivity index (χ3v) is 14.9. The van der Waals surface area contributed by atoms with Crippen LogP contribution in [0.25, 0.3) is 0 Å². The van der Waals surface area contributed by atoms with E-state index in [2.05, 4.69) is 21.3 Å². The van der Waals surface area contributed by atoms with E-state index in [1.807, 2.05) is 0 Å². The Kier molecular flexibility index (Phi) is 19.6. The average molecular weight is 1220 g/mol. The molecule has 88 heavy (non-hydrogen) atoms. The molecule has 4 aliphatic heterocycles. The van der Waals surface area contributed by atoms with Gasteiger partial charge in [-0.25, -0.2) is 48.4 Å². The lowest BCUT2D eigenvalue weighted by Crippen LogP contribution is -2.54. The molecule has 0 spiro atoms. The first-order chi connectivity index (χ1) is 41.7. The van der Waals surface area contributed by atoms with E-state index >= 15 is 0 Å². The number of nitrogens with one attached hydrogen (secondary N) is 4. The summed E-state index contributed by atoms with van der Waals surface area (Å²) in [6.07, 6.45) is -13.4. The van der Waals surface area contributed by atoms with Crippen LogP contribution >= 0.6 is 0 Å². The second-order valence-electron chi connectivity index (χ2n) is 22.4. The molecular formula is C61H66N8O19. The summed E-state index contributed by atoms with van der Waals surface area (Å²) in [7, 11) is 0. The van der Waals surface area contributed by atoms with Crippen LogP contribution in [0.4, 0.5) is 24.0 Å². The van der Waals surface area contributed by atoms with Gasteiger partial charge in [-0.1, -0.05) is 121 Å². The van der Waals surface area contributed by atoms with Crippen molar-refractivity contribution >= 4 is 77.8 Å². The Balaban J connectivity index is 0.992. The summed E-state index contributed by atoms with van der Waals surface area (Å²) in [6, 6.07) is 20.5. The number of imide groups is 4. The van der Waals surface area contributed by atoms with Crippen molar-refractivity contribution in [3.63, 3.8) is 0 Å². The molecule has 0 radical (unpaired) electrons. The highest BCUT2D eigenvalue weighted by Gasteiger charge is 2.53. The summed E-state index contributed by atoms with van der Waals surface area (Å²) < 4.78 is 26.7. The van der Waals surface area contributed by atoms with Gasteiger partial charge in [0.15, 0.2) is 24.2 Å². The summed E-state index contributed by atoms with van der Waals surface area (Å²) in [6.45, 7) is 10.3. The Labute approximate surface area is 504 Å². The minimum absolute atomic E-state index is 0.288. The number of carboxylic acid groups (broad SMARTS) is 1. The van der Waals surface area contributed by atoms with Crippen molar-refractivity contribution in [2.24, 2.45) is 0 Å². The van der Waals surface area contributed by atoms with Gasteiger partial charge in [0.25, 0.3) is 0 Å².